The number of anilines is 2. The molecular weight excluding hydrogens is 776 g/mol. The summed E-state index contributed by atoms with van der Waals surface area (Å²) in [6, 6.07) is 23.9. The van der Waals surface area contributed by atoms with Gasteiger partial charge in [-0.15, -0.1) is 0 Å². The van der Waals surface area contributed by atoms with E-state index in [0.717, 1.165) is 48.3 Å². The number of aromatic hydroxyl groups is 2. The highest BCUT2D eigenvalue weighted by Gasteiger charge is 2.17. The van der Waals surface area contributed by atoms with Crippen LogP contribution >= 0.6 is 0 Å². The maximum absolute atomic E-state index is 12.4. The molecule has 0 saturated carbocycles. The Balaban J connectivity index is 1.17. The molecule has 4 aromatic carbocycles. The minimum Gasteiger partial charge on any atom is -0.506 e. The Kier molecular flexibility index (Phi) is 17.9. The number of aryl methyl sites for hydroxylation is 2. The molecule has 16 nitrogen and oxygen atoms in total. The molecule has 0 aliphatic heterocycles. The van der Waals surface area contributed by atoms with E-state index in [4.69, 9.17) is 9.47 Å². The zero-order valence-electron chi connectivity index (χ0n) is 33.8. The monoisotopic (exact) mass is 828 g/mol. The lowest BCUT2D eigenvalue weighted by Gasteiger charge is -2.20. The van der Waals surface area contributed by atoms with Gasteiger partial charge in [0.05, 0.1) is 25.6 Å². The average molecular weight is 829 g/mol. The third-order valence-electron chi connectivity index (χ3n) is 9.20. The summed E-state index contributed by atoms with van der Waals surface area (Å²) in [4.78, 5) is 49.2. The predicted octanol–water partition coefficient (Wildman–Crippen LogP) is 5.47. The molecule has 2 amide bonds. The molecule has 0 saturated heterocycles. The number of phenols is 2. The molecule has 16 heteroatoms. The maximum atomic E-state index is 12.4. The summed E-state index contributed by atoms with van der Waals surface area (Å²) in [6.07, 6.45) is -0.0193. The minimum absolute atomic E-state index is 0.0333. The van der Waals surface area contributed by atoms with Gasteiger partial charge in [-0.3, -0.25) is 21.3 Å². The van der Waals surface area contributed by atoms with Gasteiger partial charge in [0.1, 0.15) is 35.5 Å². The van der Waals surface area contributed by atoms with E-state index in [1.54, 1.807) is 26.4 Å². The fourth-order valence-electron chi connectivity index (χ4n) is 6.02. The van der Waals surface area contributed by atoms with Crippen LogP contribution in [0.4, 0.5) is 21.0 Å². The highest BCUT2D eigenvalue weighted by atomic mass is 16.6. The number of aliphatic hydroxyl groups is 2. The number of hydrogen-bond donors (Lipinski definition) is 8. The first-order chi connectivity index (χ1) is 28.7. The van der Waals surface area contributed by atoms with Crippen molar-refractivity contribution < 1.29 is 58.6 Å². The van der Waals surface area contributed by atoms with Crippen molar-refractivity contribution in [2.45, 2.75) is 76.9 Å². The van der Waals surface area contributed by atoms with Crippen molar-refractivity contribution in [2.75, 3.05) is 24.9 Å². The largest absolute Gasteiger partial charge is 0.506 e. The molecule has 0 radical (unpaired) electrons. The SMILES string of the molecule is COc1ccc(CCC(C)NC(O)Cc2ccc(O)c(NC(=O)OC(=O)/C=C/C(=O)OC(=O)Nc3cc(CC(O)NC(C)CCc4ccc(OC)cc4)ccc3O)c2)cc1. The first kappa shape index (κ1) is 46.2. The van der Waals surface area contributed by atoms with Crippen molar-refractivity contribution in [1.29, 1.82) is 0 Å². The number of methoxy groups -OCH3 is 2. The van der Waals surface area contributed by atoms with Crippen LogP contribution in [-0.2, 0) is 44.7 Å². The van der Waals surface area contributed by atoms with Gasteiger partial charge in [0.15, 0.2) is 0 Å². The van der Waals surface area contributed by atoms with E-state index in [1.165, 1.54) is 24.3 Å². The summed E-state index contributed by atoms with van der Waals surface area (Å²) >= 11 is 0. The number of hydrogen-bond acceptors (Lipinski definition) is 14. The number of amides is 2. The van der Waals surface area contributed by atoms with Crippen molar-refractivity contribution in [1.82, 2.24) is 10.6 Å². The molecule has 0 aromatic heterocycles. The Labute approximate surface area is 348 Å². The minimum atomic E-state index is -1.30. The molecule has 0 spiro atoms. The molecule has 0 bridgehead atoms. The van der Waals surface area contributed by atoms with Gasteiger partial charge in [-0.25, -0.2) is 19.2 Å². The molecule has 0 heterocycles. The van der Waals surface area contributed by atoms with Crippen LogP contribution in [0.15, 0.2) is 97.1 Å². The Morgan fingerprint density at radius 1 is 0.567 bits per heavy atom. The van der Waals surface area contributed by atoms with Gasteiger partial charge >= 0.3 is 24.1 Å². The highest BCUT2D eigenvalue weighted by molar-refractivity contribution is 6.02. The summed E-state index contributed by atoms with van der Waals surface area (Å²) in [7, 11) is 3.21. The van der Waals surface area contributed by atoms with Gasteiger partial charge in [-0.05, 0) is 110 Å². The fraction of sp³-hybridized carbons (Fsp3) is 0.318. The zero-order chi connectivity index (χ0) is 43.6. The van der Waals surface area contributed by atoms with Gasteiger partial charge < -0.3 is 39.4 Å². The van der Waals surface area contributed by atoms with Crippen LogP contribution in [0.1, 0.15) is 48.9 Å². The van der Waals surface area contributed by atoms with Gasteiger partial charge in [0.25, 0.3) is 0 Å². The second-order valence-electron chi connectivity index (χ2n) is 14.1. The van der Waals surface area contributed by atoms with Crippen molar-refractivity contribution in [3.05, 3.63) is 119 Å². The first-order valence-electron chi connectivity index (χ1n) is 19.2. The summed E-state index contributed by atoms with van der Waals surface area (Å²) in [6.45, 7) is 3.89. The van der Waals surface area contributed by atoms with Gasteiger partial charge in [-0.1, -0.05) is 36.4 Å². The van der Waals surface area contributed by atoms with Crippen LogP contribution in [0, 0.1) is 0 Å². The Morgan fingerprint density at radius 2 is 0.917 bits per heavy atom. The zero-order valence-corrected chi connectivity index (χ0v) is 33.8. The summed E-state index contributed by atoms with van der Waals surface area (Å²) in [5.74, 6) is -1.71. The molecule has 4 aromatic rings. The van der Waals surface area contributed by atoms with Crippen molar-refractivity contribution >= 4 is 35.5 Å². The summed E-state index contributed by atoms with van der Waals surface area (Å²) < 4.78 is 19.6. The van der Waals surface area contributed by atoms with Crippen LogP contribution in [0.3, 0.4) is 0 Å². The lowest BCUT2D eigenvalue weighted by molar-refractivity contribution is -0.134. The number of carbonyl (C=O) groups excluding carboxylic acids is 4. The predicted molar refractivity (Wildman–Crippen MR) is 223 cm³/mol. The average Bonchev–Trinajstić information content (AvgIpc) is 3.21. The first-order valence-corrected chi connectivity index (χ1v) is 19.2. The molecule has 0 aliphatic rings. The van der Waals surface area contributed by atoms with Crippen molar-refractivity contribution in [3.63, 3.8) is 0 Å². The Hall–Kier alpha value is -6.46. The Morgan fingerprint density at radius 3 is 1.27 bits per heavy atom. The second kappa shape index (κ2) is 23.2. The summed E-state index contributed by atoms with van der Waals surface area (Å²) in [5, 5.41) is 52.4. The number of rotatable bonds is 20. The number of ether oxygens (including phenoxy) is 4. The van der Waals surface area contributed by atoms with Gasteiger partial charge in [-0.2, -0.15) is 0 Å². The number of benzene rings is 4. The third kappa shape index (κ3) is 16.1. The van der Waals surface area contributed by atoms with Crippen molar-refractivity contribution in [3.8, 4) is 23.0 Å². The van der Waals surface area contributed by atoms with Crippen molar-refractivity contribution in [2.24, 2.45) is 0 Å². The van der Waals surface area contributed by atoms with Crippen LogP contribution < -0.4 is 30.7 Å². The van der Waals surface area contributed by atoms with Crippen LogP contribution in [-0.4, -0.2) is 83.3 Å². The standard InChI is InChI=1S/C44H52N4O12/c1-27(5-7-29-9-15-33(57-3)16-10-29)45-39(51)25-31-13-19-37(49)35(23-31)47-43(55)59-41(53)21-22-42(54)60-44(56)48-36-24-32(14-20-38(36)50)26-40(52)46-28(2)6-8-30-11-17-34(58-4)18-12-30/h9-24,27-28,39-40,45-46,49-52H,5-8,25-26H2,1-4H3,(H,47,55)(H,48,56)/b22-21+. The molecule has 4 rings (SSSR count). The molecule has 4 atom stereocenters. The van der Waals surface area contributed by atoms with Crippen LogP contribution in [0.5, 0.6) is 23.0 Å². The smallest absolute Gasteiger partial charge is 0.419 e. The maximum Gasteiger partial charge on any atom is 0.419 e. The summed E-state index contributed by atoms with van der Waals surface area (Å²) in [5.41, 5.74) is 3.16. The molecule has 320 valence electrons. The number of nitrogens with one attached hydrogen (secondary N) is 4. The highest BCUT2D eigenvalue weighted by Crippen LogP contribution is 2.26. The fourth-order valence-corrected chi connectivity index (χ4v) is 6.02. The lowest BCUT2D eigenvalue weighted by atomic mass is 10.0. The molecule has 0 aliphatic carbocycles. The van der Waals surface area contributed by atoms with Gasteiger partial charge in [0.2, 0.25) is 0 Å². The van der Waals surface area contributed by atoms with Gasteiger partial charge in [0, 0.05) is 37.1 Å². The molecule has 60 heavy (non-hydrogen) atoms. The Bertz CT molecular complexity index is 1930. The molecule has 4 unspecified atom stereocenters. The number of carbonyl (C=O) groups is 4. The van der Waals surface area contributed by atoms with Crippen LogP contribution in [0.2, 0.25) is 0 Å². The van der Waals surface area contributed by atoms with E-state index in [0.29, 0.717) is 23.3 Å². The molecule has 8 N–H and O–H groups in total. The molecular formula is C44H52N4O12. The van der Waals surface area contributed by atoms with E-state index in [1.807, 2.05) is 62.4 Å². The number of phenolic OH excluding ortho intramolecular Hbond substituents is 2. The van der Waals surface area contributed by atoms with E-state index >= 15 is 0 Å². The quantitative estimate of drug-likeness (QED) is 0.0182. The van der Waals surface area contributed by atoms with E-state index in [2.05, 4.69) is 30.7 Å². The van der Waals surface area contributed by atoms with E-state index < -0.39 is 36.6 Å². The normalized spacial score (nSPS) is 13.1. The number of aliphatic hydroxyl groups excluding tert-OH is 2. The third-order valence-corrected chi connectivity index (χ3v) is 9.20. The lowest BCUT2D eigenvalue weighted by Crippen LogP contribution is -2.38. The van der Waals surface area contributed by atoms with E-state index in [-0.39, 0.29) is 47.8 Å². The number of esters is 2. The topological polar surface area (TPSA) is 234 Å². The second-order valence-corrected chi connectivity index (χ2v) is 14.1. The molecule has 0 fully saturated rings. The van der Waals surface area contributed by atoms with Crippen LogP contribution in [0.25, 0.3) is 0 Å². The van der Waals surface area contributed by atoms with E-state index in [9.17, 15) is 39.6 Å².